The number of carbonyl (C=O) groups is 1. The molecule has 0 spiro atoms. The molecule has 0 radical (unpaired) electrons. The van der Waals surface area contributed by atoms with Crippen molar-refractivity contribution in [1.29, 1.82) is 0 Å². The highest BCUT2D eigenvalue weighted by molar-refractivity contribution is 5.94. The summed E-state index contributed by atoms with van der Waals surface area (Å²) in [5.74, 6) is 1.75. The van der Waals surface area contributed by atoms with E-state index in [0.717, 1.165) is 11.3 Å². The average Bonchev–Trinajstić information content (AvgIpc) is 2.98. The minimum absolute atomic E-state index is 0.258. The molecule has 0 saturated heterocycles. The highest BCUT2D eigenvalue weighted by Gasteiger charge is 2.16. The van der Waals surface area contributed by atoms with Crippen LogP contribution in [0.2, 0.25) is 0 Å². The highest BCUT2D eigenvalue weighted by Crippen LogP contribution is 2.24. The number of methoxy groups -OCH3 is 1. The Morgan fingerprint density at radius 2 is 1.73 bits per heavy atom. The molecule has 0 N–H and O–H groups in total. The lowest BCUT2D eigenvalue weighted by Crippen LogP contribution is -2.11. The maximum absolute atomic E-state index is 12.5. The number of para-hydroxylation sites is 1. The smallest absolute Gasteiger partial charge is 0.347 e. The van der Waals surface area contributed by atoms with Crippen LogP contribution in [0.1, 0.15) is 27.4 Å². The van der Waals surface area contributed by atoms with Crippen molar-refractivity contribution < 1.29 is 23.5 Å². The number of aryl methyl sites for hydroxylation is 2. The molecular formula is C20H19NO5. The van der Waals surface area contributed by atoms with Crippen LogP contribution in [0.25, 0.3) is 0 Å². The molecule has 26 heavy (non-hydrogen) atoms. The van der Waals surface area contributed by atoms with E-state index in [1.807, 2.05) is 13.8 Å². The SMILES string of the molecule is COc1ccc(OC(=O)c2ccccc2OCc2c(C)noc2C)cc1. The van der Waals surface area contributed by atoms with Crippen LogP contribution in [-0.4, -0.2) is 18.2 Å². The minimum Gasteiger partial charge on any atom is -0.497 e. The van der Waals surface area contributed by atoms with Gasteiger partial charge in [0.05, 0.1) is 18.4 Å². The van der Waals surface area contributed by atoms with Gasteiger partial charge in [0.25, 0.3) is 0 Å². The van der Waals surface area contributed by atoms with Gasteiger partial charge in [0, 0.05) is 0 Å². The maximum Gasteiger partial charge on any atom is 0.347 e. The van der Waals surface area contributed by atoms with Crippen molar-refractivity contribution in [2.75, 3.05) is 7.11 Å². The monoisotopic (exact) mass is 353 g/mol. The lowest BCUT2D eigenvalue weighted by molar-refractivity contribution is 0.0729. The number of carbonyl (C=O) groups excluding carboxylic acids is 1. The van der Waals surface area contributed by atoms with Crippen molar-refractivity contribution >= 4 is 5.97 Å². The van der Waals surface area contributed by atoms with Crippen LogP contribution in [0.4, 0.5) is 0 Å². The summed E-state index contributed by atoms with van der Waals surface area (Å²) in [6.45, 7) is 3.93. The highest BCUT2D eigenvalue weighted by atomic mass is 16.5. The summed E-state index contributed by atoms with van der Waals surface area (Å²) in [6.07, 6.45) is 0. The molecule has 6 nitrogen and oxygen atoms in total. The van der Waals surface area contributed by atoms with E-state index in [4.69, 9.17) is 18.7 Å². The number of esters is 1. The molecule has 0 amide bonds. The van der Waals surface area contributed by atoms with Gasteiger partial charge in [0.2, 0.25) is 0 Å². The van der Waals surface area contributed by atoms with Crippen molar-refractivity contribution in [3.63, 3.8) is 0 Å². The summed E-state index contributed by atoms with van der Waals surface area (Å²) in [4.78, 5) is 12.5. The Bertz CT molecular complexity index is 879. The number of ether oxygens (including phenoxy) is 3. The van der Waals surface area contributed by atoms with Crippen LogP contribution in [0.5, 0.6) is 17.2 Å². The van der Waals surface area contributed by atoms with Gasteiger partial charge in [0.1, 0.15) is 35.2 Å². The molecule has 6 heteroatoms. The van der Waals surface area contributed by atoms with Crippen molar-refractivity contribution in [2.45, 2.75) is 20.5 Å². The second kappa shape index (κ2) is 7.74. The van der Waals surface area contributed by atoms with Gasteiger partial charge in [-0.2, -0.15) is 0 Å². The fraction of sp³-hybridized carbons (Fsp3) is 0.200. The van der Waals surface area contributed by atoms with E-state index in [1.54, 1.807) is 55.6 Å². The van der Waals surface area contributed by atoms with Crippen LogP contribution in [0.3, 0.4) is 0 Å². The maximum atomic E-state index is 12.5. The lowest BCUT2D eigenvalue weighted by Gasteiger charge is -2.11. The van der Waals surface area contributed by atoms with E-state index in [0.29, 0.717) is 28.6 Å². The minimum atomic E-state index is -0.496. The van der Waals surface area contributed by atoms with Crippen LogP contribution >= 0.6 is 0 Å². The van der Waals surface area contributed by atoms with Crippen LogP contribution in [-0.2, 0) is 6.61 Å². The zero-order valence-electron chi connectivity index (χ0n) is 14.8. The lowest BCUT2D eigenvalue weighted by atomic mass is 10.2. The van der Waals surface area contributed by atoms with Crippen molar-refractivity contribution in [2.24, 2.45) is 0 Å². The normalized spacial score (nSPS) is 10.4. The van der Waals surface area contributed by atoms with Crippen LogP contribution < -0.4 is 14.2 Å². The number of hydrogen-bond acceptors (Lipinski definition) is 6. The zero-order chi connectivity index (χ0) is 18.5. The fourth-order valence-electron chi connectivity index (χ4n) is 2.42. The molecule has 0 aliphatic heterocycles. The summed E-state index contributed by atoms with van der Waals surface area (Å²) in [5, 5.41) is 3.90. The second-order valence-corrected chi connectivity index (χ2v) is 5.65. The first-order valence-corrected chi connectivity index (χ1v) is 8.08. The van der Waals surface area contributed by atoms with Gasteiger partial charge in [-0.15, -0.1) is 0 Å². The third kappa shape index (κ3) is 3.85. The predicted octanol–water partition coefficient (Wildman–Crippen LogP) is 4.10. The Kier molecular flexibility index (Phi) is 5.22. The first kappa shape index (κ1) is 17.5. The molecule has 134 valence electrons. The third-order valence-electron chi connectivity index (χ3n) is 3.93. The van der Waals surface area contributed by atoms with Gasteiger partial charge < -0.3 is 18.7 Å². The van der Waals surface area contributed by atoms with Crippen LogP contribution in [0, 0.1) is 13.8 Å². The Labute approximate surface area is 151 Å². The summed E-state index contributed by atoms with van der Waals surface area (Å²) >= 11 is 0. The zero-order valence-corrected chi connectivity index (χ0v) is 14.8. The predicted molar refractivity (Wildman–Crippen MR) is 94.7 cm³/mol. The fourth-order valence-corrected chi connectivity index (χ4v) is 2.42. The summed E-state index contributed by atoms with van der Waals surface area (Å²) in [7, 11) is 1.58. The van der Waals surface area contributed by atoms with E-state index in [1.165, 1.54) is 0 Å². The van der Waals surface area contributed by atoms with Crippen LogP contribution in [0.15, 0.2) is 53.1 Å². The molecule has 0 bridgehead atoms. The van der Waals surface area contributed by atoms with Gasteiger partial charge in [-0.25, -0.2) is 4.79 Å². The van der Waals surface area contributed by atoms with Gasteiger partial charge in [0.15, 0.2) is 0 Å². The molecule has 0 aliphatic rings. The molecule has 0 fully saturated rings. The number of rotatable bonds is 6. The standard InChI is InChI=1S/C20H19NO5/c1-13-18(14(2)26-21-13)12-24-19-7-5-4-6-17(19)20(22)25-16-10-8-15(23-3)9-11-16/h4-11H,12H2,1-3H3. The second-order valence-electron chi connectivity index (χ2n) is 5.65. The van der Waals surface area contributed by atoms with E-state index in [2.05, 4.69) is 5.16 Å². The Morgan fingerprint density at radius 1 is 1.04 bits per heavy atom. The largest absolute Gasteiger partial charge is 0.497 e. The topological polar surface area (TPSA) is 70.8 Å². The molecule has 0 unspecified atom stereocenters. The molecule has 2 aromatic carbocycles. The molecule has 0 saturated carbocycles. The number of aromatic nitrogens is 1. The van der Waals surface area contributed by atoms with Gasteiger partial charge in [-0.3, -0.25) is 0 Å². The third-order valence-corrected chi connectivity index (χ3v) is 3.93. The molecule has 1 heterocycles. The van der Waals surface area contributed by atoms with Gasteiger partial charge in [-0.1, -0.05) is 17.3 Å². The van der Waals surface area contributed by atoms with E-state index in [9.17, 15) is 4.79 Å². The summed E-state index contributed by atoms with van der Waals surface area (Å²) in [5.41, 5.74) is 1.97. The van der Waals surface area contributed by atoms with E-state index < -0.39 is 5.97 Å². The van der Waals surface area contributed by atoms with Crippen molar-refractivity contribution in [3.05, 3.63) is 71.1 Å². The molecule has 3 rings (SSSR count). The number of benzene rings is 2. The molecular weight excluding hydrogens is 334 g/mol. The molecule has 1 aromatic heterocycles. The first-order chi connectivity index (χ1) is 12.6. The van der Waals surface area contributed by atoms with Crippen molar-refractivity contribution in [1.82, 2.24) is 5.16 Å². The quantitative estimate of drug-likeness (QED) is 0.491. The summed E-state index contributed by atoms with van der Waals surface area (Å²) < 4.78 is 21.5. The molecule has 0 aliphatic carbocycles. The van der Waals surface area contributed by atoms with Crippen molar-refractivity contribution in [3.8, 4) is 17.2 Å². The van der Waals surface area contributed by atoms with E-state index >= 15 is 0 Å². The Morgan fingerprint density at radius 3 is 2.38 bits per heavy atom. The Hall–Kier alpha value is -3.28. The summed E-state index contributed by atoms with van der Waals surface area (Å²) in [6, 6.07) is 13.7. The van der Waals surface area contributed by atoms with Gasteiger partial charge >= 0.3 is 5.97 Å². The molecule has 0 atom stereocenters. The number of hydrogen-bond donors (Lipinski definition) is 0. The number of nitrogens with zero attached hydrogens (tertiary/aromatic N) is 1. The van der Waals surface area contributed by atoms with E-state index in [-0.39, 0.29) is 6.61 Å². The average molecular weight is 353 g/mol. The molecule has 3 aromatic rings. The first-order valence-electron chi connectivity index (χ1n) is 8.08. The van der Waals surface area contributed by atoms with Gasteiger partial charge in [-0.05, 0) is 50.2 Å². The Balaban J connectivity index is 1.74.